The molecule has 2 aromatic carbocycles. The van der Waals surface area contributed by atoms with Crippen molar-refractivity contribution in [1.29, 1.82) is 0 Å². The van der Waals surface area contributed by atoms with E-state index in [9.17, 15) is 14.4 Å². The van der Waals surface area contributed by atoms with Crippen molar-refractivity contribution in [1.82, 2.24) is 16.2 Å². The molecule has 9 heteroatoms. The van der Waals surface area contributed by atoms with Gasteiger partial charge in [0.2, 0.25) is 5.91 Å². The van der Waals surface area contributed by atoms with Crippen LogP contribution in [0.5, 0.6) is 5.75 Å². The molecule has 180 valence electrons. The van der Waals surface area contributed by atoms with Crippen LogP contribution in [0.4, 0.5) is 5.69 Å². The topological polar surface area (TPSA) is 109 Å². The van der Waals surface area contributed by atoms with E-state index in [4.69, 9.17) is 17.0 Å². The normalized spacial score (nSPS) is 13.5. The molecule has 0 radical (unpaired) electrons. The highest BCUT2D eigenvalue weighted by Crippen LogP contribution is 2.25. The third-order valence-corrected chi connectivity index (χ3v) is 5.84. The first-order valence-electron chi connectivity index (χ1n) is 11.3. The number of benzene rings is 2. The Morgan fingerprint density at radius 1 is 0.971 bits per heavy atom. The molecule has 1 fully saturated rings. The van der Waals surface area contributed by atoms with E-state index < -0.39 is 11.8 Å². The minimum atomic E-state index is -0.453. The van der Waals surface area contributed by atoms with Crippen LogP contribution in [0.2, 0.25) is 0 Å². The van der Waals surface area contributed by atoms with Crippen molar-refractivity contribution in [2.45, 2.75) is 46.0 Å². The zero-order chi connectivity index (χ0) is 24.5. The molecule has 4 N–H and O–H groups in total. The minimum Gasteiger partial charge on any atom is -0.483 e. The summed E-state index contributed by atoms with van der Waals surface area (Å²) in [5, 5.41) is 5.30. The second kappa shape index (κ2) is 12.1. The average molecular weight is 483 g/mol. The van der Waals surface area contributed by atoms with Crippen molar-refractivity contribution in [3.05, 3.63) is 59.2 Å². The molecule has 3 amide bonds. The molecule has 34 heavy (non-hydrogen) atoms. The first-order chi connectivity index (χ1) is 16.3. The van der Waals surface area contributed by atoms with Crippen molar-refractivity contribution >= 4 is 40.7 Å². The number of carbonyl (C=O) groups is 3. The standard InChI is InChI=1S/C25H30N4O4S/c1-16-8-9-17(2)21(14-16)33-15-22(30)27-25(34)29-28-24(32)19-10-12-20(13-11-19)26-23(31)18-6-4-3-5-7-18/h8-14,18H,3-7,15H2,1-2H3,(H,26,31)(H,28,32)(H2,27,29,30,34). The highest BCUT2D eigenvalue weighted by Gasteiger charge is 2.21. The number of carbonyl (C=O) groups excluding carboxylic acids is 3. The summed E-state index contributed by atoms with van der Waals surface area (Å²) in [4.78, 5) is 36.8. The monoisotopic (exact) mass is 482 g/mol. The maximum Gasteiger partial charge on any atom is 0.269 e. The highest BCUT2D eigenvalue weighted by atomic mass is 32.1. The molecule has 1 aliphatic rings. The van der Waals surface area contributed by atoms with Gasteiger partial charge in [0.15, 0.2) is 11.7 Å². The molecule has 1 aliphatic carbocycles. The summed E-state index contributed by atoms with van der Waals surface area (Å²) in [5.41, 5.74) is 7.89. The van der Waals surface area contributed by atoms with Crippen LogP contribution >= 0.6 is 12.2 Å². The van der Waals surface area contributed by atoms with Crippen molar-refractivity contribution in [2.75, 3.05) is 11.9 Å². The van der Waals surface area contributed by atoms with E-state index in [0.29, 0.717) is 17.0 Å². The molecule has 0 atom stereocenters. The summed E-state index contributed by atoms with van der Waals surface area (Å²) < 4.78 is 5.54. The molecule has 3 rings (SSSR count). The van der Waals surface area contributed by atoms with E-state index in [1.165, 1.54) is 6.42 Å². The lowest BCUT2D eigenvalue weighted by Crippen LogP contribution is -2.49. The summed E-state index contributed by atoms with van der Waals surface area (Å²) in [6, 6.07) is 12.3. The predicted molar refractivity (Wildman–Crippen MR) is 134 cm³/mol. The fourth-order valence-electron chi connectivity index (χ4n) is 3.70. The van der Waals surface area contributed by atoms with Crippen LogP contribution in [-0.4, -0.2) is 29.4 Å². The largest absolute Gasteiger partial charge is 0.483 e. The number of anilines is 1. The molecule has 8 nitrogen and oxygen atoms in total. The van der Waals surface area contributed by atoms with E-state index >= 15 is 0 Å². The Labute approximate surface area is 204 Å². The van der Waals surface area contributed by atoms with Gasteiger partial charge in [-0.05, 0) is 80.4 Å². The van der Waals surface area contributed by atoms with Gasteiger partial charge in [-0.2, -0.15) is 0 Å². The Morgan fingerprint density at radius 2 is 1.68 bits per heavy atom. The second-order valence-corrected chi connectivity index (χ2v) is 8.82. The molecule has 0 spiro atoms. The van der Waals surface area contributed by atoms with Crippen molar-refractivity contribution < 1.29 is 19.1 Å². The lowest BCUT2D eigenvalue weighted by Gasteiger charge is -2.20. The molecule has 2 aromatic rings. The Balaban J connectivity index is 1.40. The number of thiocarbonyl (C=S) groups is 1. The zero-order valence-corrected chi connectivity index (χ0v) is 20.2. The summed E-state index contributed by atoms with van der Waals surface area (Å²) in [6.45, 7) is 3.62. The summed E-state index contributed by atoms with van der Waals surface area (Å²) in [7, 11) is 0. The lowest BCUT2D eigenvalue weighted by atomic mass is 9.88. The third-order valence-electron chi connectivity index (χ3n) is 5.64. The number of ether oxygens (including phenoxy) is 1. The molecular weight excluding hydrogens is 452 g/mol. The Hall–Kier alpha value is -3.46. The Morgan fingerprint density at radius 3 is 2.38 bits per heavy atom. The molecule has 0 aromatic heterocycles. The molecule has 1 saturated carbocycles. The fraction of sp³-hybridized carbons (Fsp3) is 0.360. The number of nitrogens with one attached hydrogen (secondary N) is 4. The van der Waals surface area contributed by atoms with Crippen LogP contribution in [0.1, 0.15) is 53.6 Å². The number of amides is 3. The van der Waals surface area contributed by atoms with Gasteiger partial charge < -0.3 is 10.1 Å². The minimum absolute atomic E-state index is 0.0289. The van der Waals surface area contributed by atoms with Gasteiger partial charge in [0.25, 0.3) is 11.8 Å². The molecule has 0 bridgehead atoms. The average Bonchev–Trinajstić information content (AvgIpc) is 2.84. The van der Waals surface area contributed by atoms with Gasteiger partial charge in [-0.25, -0.2) is 0 Å². The van der Waals surface area contributed by atoms with Gasteiger partial charge in [-0.3, -0.25) is 30.6 Å². The highest BCUT2D eigenvalue weighted by molar-refractivity contribution is 7.80. The summed E-state index contributed by atoms with van der Waals surface area (Å²) in [5.74, 6) is -0.176. The van der Waals surface area contributed by atoms with Gasteiger partial charge >= 0.3 is 0 Å². The predicted octanol–water partition coefficient (Wildman–Crippen LogP) is 3.54. The summed E-state index contributed by atoms with van der Waals surface area (Å²) >= 11 is 5.05. The van der Waals surface area contributed by atoms with Crippen LogP contribution < -0.4 is 26.2 Å². The molecule has 0 saturated heterocycles. The van der Waals surface area contributed by atoms with Gasteiger partial charge in [-0.15, -0.1) is 0 Å². The summed E-state index contributed by atoms with van der Waals surface area (Å²) in [6.07, 6.45) is 5.21. The zero-order valence-electron chi connectivity index (χ0n) is 19.4. The Kier molecular flexibility index (Phi) is 8.98. The Bertz CT molecular complexity index is 1050. The maximum atomic E-state index is 12.4. The van der Waals surface area contributed by atoms with E-state index in [1.54, 1.807) is 24.3 Å². The lowest BCUT2D eigenvalue weighted by molar-refractivity contribution is -0.122. The molecule has 0 aliphatic heterocycles. The number of hydrogen-bond acceptors (Lipinski definition) is 5. The SMILES string of the molecule is Cc1ccc(C)c(OCC(=O)NC(=S)NNC(=O)c2ccc(NC(=O)C3CCCCC3)cc2)c1. The van der Waals surface area contributed by atoms with Crippen molar-refractivity contribution in [3.63, 3.8) is 0 Å². The van der Waals surface area contributed by atoms with E-state index in [2.05, 4.69) is 21.5 Å². The van der Waals surface area contributed by atoms with E-state index in [0.717, 1.165) is 36.8 Å². The quantitative estimate of drug-likeness (QED) is 0.371. The van der Waals surface area contributed by atoms with E-state index in [1.807, 2.05) is 32.0 Å². The van der Waals surface area contributed by atoms with Crippen LogP contribution in [-0.2, 0) is 9.59 Å². The van der Waals surface area contributed by atoms with Crippen LogP contribution in [0.15, 0.2) is 42.5 Å². The van der Waals surface area contributed by atoms with Crippen molar-refractivity contribution in [2.24, 2.45) is 5.92 Å². The van der Waals surface area contributed by atoms with Gasteiger partial charge in [-0.1, -0.05) is 31.4 Å². The van der Waals surface area contributed by atoms with Gasteiger partial charge in [0.1, 0.15) is 5.75 Å². The smallest absolute Gasteiger partial charge is 0.269 e. The molecule has 0 unspecified atom stereocenters. The number of rotatable bonds is 6. The second-order valence-electron chi connectivity index (χ2n) is 8.42. The first-order valence-corrected chi connectivity index (χ1v) is 11.7. The van der Waals surface area contributed by atoms with Crippen LogP contribution in [0.25, 0.3) is 0 Å². The van der Waals surface area contributed by atoms with Gasteiger partial charge in [0, 0.05) is 17.2 Å². The first kappa shape index (κ1) is 25.2. The molecular formula is C25H30N4O4S. The van der Waals surface area contributed by atoms with Gasteiger partial charge in [0.05, 0.1) is 0 Å². The number of hydrazine groups is 1. The van der Waals surface area contributed by atoms with Crippen LogP contribution in [0, 0.1) is 19.8 Å². The number of hydrogen-bond donors (Lipinski definition) is 4. The molecule has 0 heterocycles. The van der Waals surface area contributed by atoms with E-state index in [-0.39, 0.29) is 23.5 Å². The number of aryl methyl sites for hydroxylation is 2. The fourth-order valence-corrected chi connectivity index (χ4v) is 3.86. The third kappa shape index (κ3) is 7.55. The maximum absolute atomic E-state index is 12.4. The van der Waals surface area contributed by atoms with Crippen LogP contribution in [0.3, 0.4) is 0 Å². The van der Waals surface area contributed by atoms with Crippen molar-refractivity contribution in [3.8, 4) is 5.75 Å².